The van der Waals surface area contributed by atoms with Crippen molar-refractivity contribution in [2.45, 2.75) is 19.4 Å². The molecule has 0 amide bonds. The number of pyridine rings is 3. The zero-order chi connectivity index (χ0) is 22.9. The van der Waals surface area contributed by atoms with Gasteiger partial charge in [-0.05, 0) is 29.8 Å². The minimum Gasteiger partial charge on any atom is -0.481 e. The summed E-state index contributed by atoms with van der Waals surface area (Å²) in [5.41, 5.74) is 1.79. The second kappa shape index (κ2) is 11.2. The first-order chi connectivity index (χ1) is 15.6. The lowest BCUT2D eigenvalue weighted by Crippen LogP contribution is -2.36. The van der Waals surface area contributed by atoms with Crippen LogP contribution in [0.2, 0.25) is 0 Å². The number of ether oxygens (including phenoxy) is 1. The molecular formula is C24H23ClFN5O. The Kier molecular flexibility index (Phi) is 8.05. The fraction of sp³-hybridized carbons (Fsp3) is 0.167. The Balaban J connectivity index is 2.29. The summed E-state index contributed by atoms with van der Waals surface area (Å²) in [6, 6.07) is 10.0. The molecule has 0 aliphatic carbocycles. The normalized spacial score (nSPS) is 12.9. The number of rotatable bonds is 8. The molecule has 1 atom stereocenters. The molecule has 0 spiro atoms. The third kappa shape index (κ3) is 5.36. The van der Waals surface area contributed by atoms with E-state index in [0.29, 0.717) is 29.4 Å². The standard InChI is InChI=1S/C24H23ClFN5O/c1-4-8-20(25)30-21(5-2)31(18-11-12-22(32-3)29-16-18)23(17-9-6-13-27-15-17)19-10-7-14-28-24(19)26/h4,6-16,23H,1,5H2,2-3H3/b20-8-,30-21+. The van der Waals surface area contributed by atoms with Gasteiger partial charge in [-0.1, -0.05) is 43.3 Å². The molecule has 0 saturated carbocycles. The summed E-state index contributed by atoms with van der Waals surface area (Å²) in [7, 11) is 1.54. The zero-order valence-corrected chi connectivity index (χ0v) is 18.6. The van der Waals surface area contributed by atoms with Gasteiger partial charge in [-0.2, -0.15) is 4.39 Å². The Morgan fingerprint density at radius 2 is 2.03 bits per heavy atom. The molecule has 164 valence electrons. The monoisotopic (exact) mass is 451 g/mol. The van der Waals surface area contributed by atoms with Gasteiger partial charge in [0.2, 0.25) is 11.8 Å². The van der Waals surface area contributed by atoms with Crippen LogP contribution in [0.15, 0.2) is 90.1 Å². The van der Waals surface area contributed by atoms with Gasteiger partial charge in [0, 0.05) is 36.6 Å². The van der Waals surface area contributed by atoms with E-state index in [1.807, 2.05) is 24.0 Å². The molecule has 0 N–H and O–H groups in total. The lowest BCUT2D eigenvalue weighted by molar-refractivity contribution is 0.398. The highest BCUT2D eigenvalue weighted by atomic mass is 35.5. The van der Waals surface area contributed by atoms with Crippen molar-refractivity contribution in [2.24, 2.45) is 4.99 Å². The maximum atomic E-state index is 15.0. The van der Waals surface area contributed by atoms with E-state index in [9.17, 15) is 4.39 Å². The van der Waals surface area contributed by atoms with E-state index in [-0.39, 0.29) is 5.16 Å². The summed E-state index contributed by atoms with van der Waals surface area (Å²) in [5, 5.41) is 0.250. The molecule has 0 aliphatic heterocycles. The predicted octanol–water partition coefficient (Wildman–Crippen LogP) is 5.69. The van der Waals surface area contributed by atoms with Crippen LogP contribution >= 0.6 is 11.6 Å². The third-order valence-corrected chi connectivity index (χ3v) is 4.84. The fourth-order valence-electron chi connectivity index (χ4n) is 3.25. The molecule has 0 radical (unpaired) electrons. The quantitative estimate of drug-likeness (QED) is 0.145. The minimum absolute atomic E-state index is 0.250. The van der Waals surface area contributed by atoms with Crippen LogP contribution < -0.4 is 9.64 Å². The molecule has 0 saturated heterocycles. The Hall–Kier alpha value is -3.58. The van der Waals surface area contributed by atoms with Crippen molar-refractivity contribution in [2.75, 3.05) is 12.0 Å². The number of amidine groups is 1. The summed E-state index contributed by atoms with van der Waals surface area (Å²) in [6.07, 6.45) is 10.1. The molecule has 6 nitrogen and oxygen atoms in total. The fourth-order valence-corrected chi connectivity index (χ4v) is 3.44. The average Bonchev–Trinajstić information content (AvgIpc) is 2.83. The van der Waals surface area contributed by atoms with Gasteiger partial charge in [0.1, 0.15) is 11.0 Å². The minimum atomic E-state index is -0.625. The van der Waals surface area contributed by atoms with E-state index < -0.39 is 12.0 Å². The highest BCUT2D eigenvalue weighted by Gasteiger charge is 2.29. The largest absolute Gasteiger partial charge is 0.481 e. The van der Waals surface area contributed by atoms with Crippen LogP contribution in [0, 0.1) is 5.95 Å². The SMILES string of the molecule is C=C/C=C(Cl)\N=C(/CC)N(c1ccc(OC)nc1)C(c1cccnc1)c1cccnc1F. The maximum Gasteiger partial charge on any atom is 0.218 e. The van der Waals surface area contributed by atoms with E-state index in [4.69, 9.17) is 16.3 Å². The first-order valence-electron chi connectivity index (χ1n) is 9.94. The van der Waals surface area contributed by atoms with Crippen molar-refractivity contribution in [1.29, 1.82) is 0 Å². The van der Waals surface area contributed by atoms with Crippen LogP contribution in [-0.4, -0.2) is 27.9 Å². The maximum absolute atomic E-state index is 15.0. The lowest BCUT2D eigenvalue weighted by atomic mass is 9.98. The second-order valence-corrected chi connectivity index (χ2v) is 7.00. The van der Waals surface area contributed by atoms with Gasteiger partial charge in [-0.15, -0.1) is 0 Å². The van der Waals surface area contributed by atoms with Gasteiger partial charge in [0.25, 0.3) is 0 Å². The van der Waals surface area contributed by atoms with E-state index in [0.717, 1.165) is 5.56 Å². The number of hydrogen-bond acceptors (Lipinski definition) is 5. The zero-order valence-electron chi connectivity index (χ0n) is 17.8. The van der Waals surface area contributed by atoms with Crippen LogP contribution in [0.3, 0.4) is 0 Å². The Bertz CT molecular complexity index is 1100. The number of allylic oxidation sites excluding steroid dienone is 2. The van der Waals surface area contributed by atoms with E-state index in [1.54, 1.807) is 62.1 Å². The van der Waals surface area contributed by atoms with Gasteiger partial charge in [0.05, 0.1) is 25.0 Å². The predicted molar refractivity (Wildman–Crippen MR) is 125 cm³/mol. The van der Waals surface area contributed by atoms with E-state index >= 15 is 0 Å². The topological polar surface area (TPSA) is 63.5 Å². The van der Waals surface area contributed by atoms with Gasteiger partial charge in [-0.25, -0.2) is 15.0 Å². The van der Waals surface area contributed by atoms with Gasteiger partial charge < -0.3 is 9.64 Å². The third-order valence-electron chi connectivity index (χ3n) is 4.63. The number of hydrogen-bond donors (Lipinski definition) is 0. The van der Waals surface area contributed by atoms with Crippen LogP contribution in [0.25, 0.3) is 0 Å². The average molecular weight is 452 g/mol. The summed E-state index contributed by atoms with van der Waals surface area (Å²) < 4.78 is 20.2. The molecule has 8 heteroatoms. The molecule has 3 heterocycles. The van der Waals surface area contributed by atoms with Crippen LogP contribution in [0.5, 0.6) is 5.88 Å². The molecule has 3 aromatic rings. The van der Waals surface area contributed by atoms with Gasteiger partial charge in [-0.3, -0.25) is 4.98 Å². The summed E-state index contributed by atoms with van der Waals surface area (Å²) in [4.78, 5) is 18.9. The summed E-state index contributed by atoms with van der Waals surface area (Å²) >= 11 is 6.30. The summed E-state index contributed by atoms with van der Waals surface area (Å²) in [6.45, 7) is 5.61. The van der Waals surface area contributed by atoms with Crippen molar-refractivity contribution in [3.63, 3.8) is 0 Å². The highest BCUT2D eigenvalue weighted by molar-refractivity contribution is 6.30. The molecule has 32 heavy (non-hydrogen) atoms. The van der Waals surface area contributed by atoms with Crippen molar-refractivity contribution < 1.29 is 9.13 Å². The number of aliphatic imine (C=N–C) groups is 1. The number of aromatic nitrogens is 3. The van der Waals surface area contributed by atoms with Crippen LogP contribution in [0.4, 0.5) is 10.1 Å². The van der Waals surface area contributed by atoms with Crippen molar-refractivity contribution in [1.82, 2.24) is 15.0 Å². The van der Waals surface area contributed by atoms with Crippen LogP contribution in [-0.2, 0) is 0 Å². The molecule has 3 rings (SSSR count). The smallest absolute Gasteiger partial charge is 0.218 e. The number of methoxy groups -OCH3 is 1. The summed E-state index contributed by atoms with van der Waals surface area (Å²) in [5.74, 6) is 0.465. The first kappa shape index (κ1) is 23.1. The van der Waals surface area contributed by atoms with E-state index in [2.05, 4.69) is 26.5 Å². The highest BCUT2D eigenvalue weighted by Crippen LogP contribution is 2.35. The number of anilines is 1. The Morgan fingerprint density at radius 1 is 1.22 bits per heavy atom. The lowest BCUT2D eigenvalue weighted by Gasteiger charge is -2.34. The first-order valence-corrected chi connectivity index (χ1v) is 10.3. The van der Waals surface area contributed by atoms with Crippen molar-refractivity contribution in [3.8, 4) is 5.88 Å². The Morgan fingerprint density at radius 3 is 2.62 bits per heavy atom. The molecule has 0 fully saturated rings. The van der Waals surface area contributed by atoms with Crippen molar-refractivity contribution in [3.05, 3.63) is 102 Å². The Labute approximate surface area is 191 Å². The second-order valence-electron chi connectivity index (χ2n) is 6.61. The molecule has 3 aromatic heterocycles. The molecular weight excluding hydrogens is 429 g/mol. The molecule has 0 aliphatic rings. The van der Waals surface area contributed by atoms with Gasteiger partial charge >= 0.3 is 0 Å². The van der Waals surface area contributed by atoms with Crippen LogP contribution in [0.1, 0.15) is 30.5 Å². The number of halogens is 2. The molecule has 0 aromatic carbocycles. The van der Waals surface area contributed by atoms with E-state index in [1.165, 1.54) is 6.20 Å². The number of nitrogens with zero attached hydrogens (tertiary/aromatic N) is 5. The van der Waals surface area contributed by atoms with Crippen molar-refractivity contribution >= 4 is 23.1 Å². The van der Waals surface area contributed by atoms with Gasteiger partial charge in [0.15, 0.2) is 0 Å². The molecule has 0 bridgehead atoms. The molecule has 1 unspecified atom stereocenters.